The standard InChI is InChI=1S/C45H54N12O8S/c1-7-30-40(66-27(4)48-30)43(61)51-44-50-32-22-29(42(47)60)24-36(65-19-11-12-53-15-17-54(18-16-53)45(62)64-6)39(32)56(44)14-10-9-13-55-37(25-34(58)33-20-26(3)52-57(33)8-2)49-31-21-28(41(46)59)23-35(63-5)38(31)55/h9-10,20-24H,7-8,11-19,25H2,1-6H3,(H2,46,59)(H2,47,60)(H,50,51,61)/b10-9+. The molecule has 1 aliphatic heterocycles. The van der Waals surface area contributed by atoms with E-state index in [9.17, 15) is 24.0 Å². The number of methoxy groups -OCH3 is 2. The molecule has 0 radical (unpaired) electrons. The molecular formula is C45H54N12O8S. The molecule has 21 heteroatoms. The van der Waals surface area contributed by atoms with E-state index in [2.05, 4.69) is 20.3 Å². The van der Waals surface area contributed by atoms with Crippen molar-refractivity contribution < 1.29 is 38.2 Å². The van der Waals surface area contributed by atoms with Crippen molar-refractivity contribution in [2.45, 2.75) is 66.6 Å². The molecule has 5 N–H and O–H groups in total. The van der Waals surface area contributed by atoms with Crippen molar-refractivity contribution in [1.29, 1.82) is 0 Å². The summed E-state index contributed by atoms with van der Waals surface area (Å²) in [6, 6.07) is 8.00. The number of ketones is 1. The van der Waals surface area contributed by atoms with Gasteiger partial charge in [-0.3, -0.25) is 34.1 Å². The number of nitrogens with two attached hydrogens (primary N) is 2. The third kappa shape index (κ3) is 10.1. The molecule has 0 spiro atoms. The zero-order valence-corrected chi connectivity index (χ0v) is 38.7. The third-order valence-corrected chi connectivity index (χ3v) is 12.3. The number of carbonyl (C=O) groups is 5. The van der Waals surface area contributed by atoms with Crippen molar-refractivity contribution in [2.24, 2.45) is 11.5 Å². The van der Waals surface area contributed by atoms with E-state index >= 15 is 0 Å². The van der Waals surface area contributed by atoms with Crippen molar-refractivity contribution in [3.8, 4) is 11.5 Å². The average Bonchev–Trinajstić information content (AvgIpc) is 4.07. The number of aromatic nitrogens is 7. The van der Waals surface area contributed by atoms with Gasteiger partial charge >= 0.3 is 6.09 Å². The summed E-state index contributed by atoms with van der Waals surface area (Å²) in [5.41, 5.74) is 15.6. The Balaban J connectivity index is 1.22. The number of piperazine rings is 1. The zero-order valence-electron chi connectivity index (χ0n) is 37.9. The quantitative estimate of drug-likeness (QED) is 0.0575. The molecular weight excluding hydrogens is 869 g/mol. The highest BCUT2D eigenvalue weighted by atomic mass is 32.1. The van der Waals surface area contributed by atoms with Crippen molar-refractivity contribution >= 4 is 68.9 Å². The Kier molecular flexibility index (Phi) is 14.5. The van der Waals surface area contributed by atoms with Gasteiger partial charge in [-0.05, 0) is 63.9 Å². The van der Waals surface area contributed by atoms with Gasteiger partial charge in [0.05, 0.1) is 54.7 Å². The van der Waals surface area contributed by atoms with Crippen LogP contribution in [0.25, 0.3) is 22.1 Å². The molecule has 66 heavy (non-hydrogen) atoms. The second-order valence-corrected chi connectivity index (χ2v) is 16.9. The van der Waals surface area contributed by atoms with Gasteiger partial charge in [0.25, 0.3) is 5.91 Å². The topological polar surface area (TPSA) is 250 Å². The second kappa shape index (κ2) is 20.4. The summed E-state index contributed by atoms with van der Waals surface area (Å²) in [6.45, 7) is 11.9. The maximum atomic E-state index is 13.9. The van der Waals surface area contributed by atoms with Gasteiger partial charge in [0.15, 0.2) is 5.78 Å². The van der Waals surface area contributed by atoms with Crippen LogP contribution in [0.4, 0.5) is 10.7 Å². The van der Waals surface area contributed by atoms with Gasteiger partial charge in [0.2, 0.25) is 17.8 Å². The fourth-order valence-corrected chi connectivity index (χ4v) is 8.97. The lowest BCUT2D eigenvalue weighted by molar-refractivity contribution is 0.0890. The number of hydrogen-bond acceptors (Lipinski definition) is 14. The number of nitrogens with zero attached hydrogens (tertiary/aromatic N) is 9. The van der Waals surface area contributed by atoms with E-state index < -0.39 is 11.8 Å². The van der Waals surface area contributed by atoms with Crippen LogP contribution in [0.3, 0.4) is 0 Å². The molecule has 348 valence electrons. The van der Waals surface area contributed by atoms with E-state index in [1.54, 1.807) is 44.5 Å². The van der Waals surface area contributed by atoms with Crippen LogP contribution >= 0.6 is 11.3 Å². The molecule has 1 fully saturated rings. The van der Waals surface area contributed by atoms with Crippen LogP contribution < -0.4 is 26.3 Å². The maximum absolute atomic E-state index is 13.9. The largest absolute Gasteiger partial charge is 0.494 e. The van der Waals surface area contributed by atoms with Gasteiger partial charge in [-0.15, -0.1) is 11.3 Å². The number of benzene rings is 2. The number of allylic oxidation sites excluding steroid dienone is 2. The molecule has 7 rings (SSSR count). The number of fused-ring (bicyclic) bond motifs is 2. The van der Waals surface area contributed by atoms with Crippen molar-refractivity contribution in [3.63, 3.8) is 0 Å². The maximum Gasteiger partial charge on any atom is 0.409 e. The number of amides is 4. The van der Waals surface area contributed by atoms with Crippen molar-refractivity contribution in [2.75, 3.05) is 58.9 Å². The number of Topliss-reactive ketones (excluding diaryl/α,β-unsaturated/α-hetero) is 1. The minimum absolute atomic E-state index is 0.0750. The highest BCUT2D eigenvalue weighted by molar-refractivity contribution is 7.13. The van der Waals surface area contributed by atoms with Gasteiger partial charge in [-0.2, -0.15) is 5.10 Å². The second-order valence-electron chi connectivity index (χ2n) is 15.7. The fraction of sp³-hybridized carbons (Fsp3) is 0.400. The molecule has 2 aromatic carbocycles. The van der Waals surface area contributed by atoms with E-state index in [0.717, 1.165) is 5.01 Å². The lowest BCUT2D eigenvalue weighted by atomic mass is 10.1. The summed E-state index contributed by atoms with van der Waals surface area (Å²) in [7, 11) is 2.85. The summed E-state index contributed by atoms with van der Waals surface area (Å²) >= 11 is 1.29. The summed E-state index contributed by atoms with van der Waals surface area (Å²) in [6.07, 6.45) is 4.53. The minimum atomic E-state index is -0.674. The van der Waals surface area contributed by atoms with E-state index in [4.69, 9.17) is 35.6 Å². The molecule has 6 aromatic rings. The number of rotatable bonds is 19. The Labute approximate surface area is 384 Å². The molecule has 0 aliphatic carbocycles. The monoisotopic (exact) mass is 922 g/mol. The number of nitrogens with one attached hydrogen (secondary N) is 1. The number of carbonyl (C=O) groups excluding carboxylic acids is 5. The molecule has 0 unspecified atom stereocenters. The number of ether oxygens (including phenoxy) is 3. The first kappa shape index (κ1) is 46.9. The minimum Gasteiger partial charge on any atom is -0.494 e. The first-order valence-electron chi connectivity index (χ1n) is 21.6. The van der Waals surface area contributed by atoms with Crippen LogP contribution in [0.5, 0.6) is 11.5 Å². The Morgan fingerprint density at radius 1 is 0.833 bits per heavy atom. The van der Waals surface area contributed by atoms with Crippen LogP contribution in [0, 0.1) is 13.8 Å². The van der Waals surface area contributed by atoms with Crippen LogP contribution in [-0.2, 0) is 37.2 Å². The lowest BCUT2D eigenvalue weighted by Crippen LogP contribution is -2.48. The van der Waals surface area contributed by atoms with E-state index in [1.165, 1.54) is 25.6 Å². The van der Waals surface area contributed by atoms with E-state index in [0.29, 0.717) is 113 Å². The predicted molar refractivity (Wildman–Crippen MR) is 248 cm³/mol. The SMILES string of the molecule is CCc1nc(C)sc1C(=O)Nc1nc2cc(C(N)=O)cc(OCCCN3CCN(C(=O)OC)CC3)c2n1C/C=C/Cn1c(CC(=O)c2cc(C)nn2CC)nc2cc(C(N)=O)cc(OC)c21. The van der Waals surface area contributed by atoms with Crippen LogP contribution in [-0.4, -0.2) is 127 Å². The van der Waals surface area contributed by atoms with Gasteiger partial charge in [0, 0.05) is 63.5 Å². The van der Waals surface area contributed by atoms with E-state index in [-0.39, 0.29) is 61.0 Å². The smallest absolute Gasteiger partial charge is 0.409 e. The molecule has 0 atom stereocenters. The average molecular weight is 923 g/mol. The number of imidazole rings is 2. The number of primary amides is 2. The first-order valence-corrected chi connectivity index (χ1v) is 22.4. The fourth-order valence-electron chi connectivity index (χ4n) is 8.07. The molecule has 4 amide bonds. The van der Waals surface area contributed by atoms with E-state index in [1.807, 2.05) is 44.4 Å². The summed E-state index contributed by atoms with van der Waals surface area (Å²) < 4.78 is 22.3. The van der Waals surface area contributed by atoms with Gasteiger partial charge in [0.1, 0.15) is 38.9 Å². The predicted octanol–water partition coefficient (Wildman–Crippen LogP) is 4.53. The zero-order chi connectivity index (χ0) is 47.2. The Morgan fingerprint density at radius 2 is 1.48 bits per heavy atom. The Morgan fingerprint density at radius 3 is 2.12 bits per heavy atom. The van der Waals surface area contributed by atoms with Crippen LogP contribution in [0.15, 0.2) is 42.5 Å². The van der Waals surface area contributed by atoms with Crippen LogP contribution in [0.2, 0.25) is 0 Å². The molecule has 4 aromatic heterocycles. The number of anilines is 1. The van der Waals surface area contributed by atoms with Gasteiger partial charge < -0.3 is 39.7 Å². The van der Waals surface area contributed by atoms with Crippen molar-refractivity contribution in [1.82, 2.24) is 43.7 Å². The van der Waals surface area contributed by atoms with Crippen LogP contribution in [0.1, 0.15) is 83.4 Å². The molecule has 0 bridgehead atoms. The van der Waals surface area contributed by atoms with Crippen molar-refractivity contribution in [3.05, 3.63) is 86.4 Å². The highest BCUT2D eigenvalue weighted by Crippen LogP contribution is 2.33. The third-order valence-electron chi connectivity index (χ3n) is 11.3. The summed E-state index contributed by atoms with van der Waals surface area (Å²) in [4.78, 5) is 83.1. The Bertz CT molecular complexity index is 2850. The van der Waals surface area contributed by atoms with Gasteiger partial charge in [-0.1, -0.05) is 19.1 Å². The lowest BCUT2D eigenvalue weighted by Gasteiger charge is -2.33. The number of aryl methyl sites for hydroxylation is 4. The summed E-state index contributed by atoms with van der Waals surface area (Å²) in [5.74, 6) is -0.585. The molecule has 1 aliphatic rings. The first-order chi connectivity index (χ1) is 31.7. The number of hydrogen-bond donors (Lipinski definition) is 3. The highest BCUT2D eigenvalue weighted by Gasteiger charge is 2.25. The van der Waals surface area contributed by atoms with Gasteiger partial charge in [-0.25, -0.2) is 19.7 Å². The summed E-state index contributed by atoms with van der Waals surface area (Å²) in [5, 5.41) is 8.19. The normalized spacial score (nSPS) is 13.2. The molecule has 20 nitrogen and oxygen atoms in total. The Hall–Kier alpha value is -7.13. The molecule has 1 saturated heterocycles. The molecule has 5 heterocycles. The number of thiazole rings is 1. The molecule has 0 saturated carbocycles.